The van der Waals surface area contributed by atoms with Gasteiger partial charge in [0.2, 0.25) is 0 Å². The molecule has 1 aliphatic rings. The Bertz CT molecular complexity index is 441. The number of nitrogens with zero attached hydrogens (tertiary/aromatic N) is 1. The minimum Gasteiger partial charge on any atom is -0.497 e. The summed E-state index contributed by atoms with van der Waals surface area (Å²) >= 11 is 0. The molecular weight excluding hydrogens is 268 g/mol. The van der Waals surface area contributed by atoms with E-state index in [-0.39, 0.29) is 6.10 Å². The fourth-order valence-corrected chi connectivity index (χ4v) is 2.55. The Balaban J connectivity index is 1.74. The highest BCUT2D eigenvalue weighted by Crippen LogP contribution is 2.15. The highest BCUT2D eigenvalue weighted by molar-refractivity contribution is 5.84. The van der Waals surface area contributed by atoms with E-state index in [2.05, 4.69) is 10.2 Å². The summed E-state index contributed by atoms with van der Waals surface area (Å²) < 4.78 is 10.5. The zero-order valence-electron chi connectivity index (χ0n) is 12.8. The lowest BCUT2D eigenvalue weighted by Crippen LogP contribution is -2.37. The maximum Gasteiger partial charge on any atom is 0.411 e. The molecule has 1 atom stereocenters. The van der Waals surface area contributed by atoms with Gasteiger partial charge in [0, 0.05) is 12.2 Å². The standard InChI is InChI=1S/C16H24N2O3/c1-13(12-18-10-4-3-5-11-18)21-16(19)17-14-6-8-15(20-2)9-7-14/h6-9,13H,3-5,10-12H2,1-2H3,(H,17,19)/t13-/m0/s1. The Hall–Kier alpha value is -1.75. The summed E-state index contributed by atoms with van der Waals surface area (Å²) in [5, 5.41) is 2.73. The molecule has 1 aromatic rings. The van der Waals surface area contributed by atoms with Crippen LogP contribution in [-0.4, -0.2) is 43.8 Å². The number of nitrogens with one attached hydrogen (secondary N) is 1. The first-order chi connectivity index (χ1) is 10.2. The van der Waals surface area contributed by atoms with E-state index in [0.717, 1.165) is 25.4 Å². The average molecular weight is 292 g/mol. The number of likely N-dealkylation sites (tertiary alicyclic amines) is 1. The largest absolute Gasteiger partial charge is 0.497 e. The summed E-state index contributed by atoms with van der Waals surface area (Å²) in [5.41, 5.74) is 0.700. The van der Waals surface area contributed by atoms with Crippen LogP contribution in [0.1, 0.15) is 26.2 Å². The second kappa shape index (κ2) is 7.88. The lowest BCUT2D eigenvalue weighted by Gasteiger charge is -2.28. The maximum atomic E-state index is 11.8. The molecule has 0 radical (unpaired) electrons. The number of hydrogen-bond donors (Lipinski definition) is 1. The van der Waals surface area contributed by atoms with Crippen molar-refractivity contribution in [3.63, 3.8) is 0 Å². The van der Waals surface area contributed by atoms with Crippen LogP contribution in [0.25, 0.3) is 0 Å². The number of benzene rings is 1. The van der Waals surface area contributed by atoms with Gasteiger partial charge < -0.3 is 9.47 Å². The van der Waals surface area contributed by atoms with Crippen LogP contribution < -0.4 is 10.1 Å². The molecule has 1 saturated heterocycles. The van der Waals surface area contributed by atoms with E-state index in [1.165, 1.54) is 19.3 Å². The van der Waals surface area contributed by atoms with Crippen LogP contribution in [0, 0.1) is 0 Å². The zero-order valence-corrected chi connectivity index (χ0v) is 12.8. The fraction of sp³-hybridized carbons (Fsp3) is 0.562. The molecule has 1 heterocycles. The monoisotopic (exact) mass is 292 g/mol. The first-order valence-corrected chi connectivity index (χ1v) is 7.51. The Morgan fingerprint density at radius 3 is 2.52 bits per heavy atom. The Morgan fingerprint density at radius 1 is 1.24 bits per heavy atom. The number of anilines is 1. The third-order valence-electron chi connectivity index (χ3n) is 3.61. The molecule has 1 N–H and O–H groups in total. The molecule has 1 amide bonds. The minimum absolute atomic E-state index is 0.110. The van der Waals surface area contributed by atoms with E-state index in [0.29, 0.717) is 5.69 Å². The Morgan fingerprint density at radius 2 is 1.90 bits per heavy atom. The minimum atomic E-state index is -0.412. The van der Waals surface area contributed by atoms with Crippen molar-refractivity contribution in [2.24, 2.45) is 0 Å². The van der Waals surface area contributed by atoms with Gasteiger partial charge in [0.15, 0.2) is 0 Å². The second-order valence-electron chi connectivity index (χ2n) is 5.43. The number of hydrogen-bond acceptors (Lipinski definition) is 4. The number of amides is 1. The van der Waals surface area contributed by atoms with Crippen molar-refractivity contribution in [3.05, 3.63) is 24.3 Å². The van der Waals surface area contributed by atoms with Gasteiger partial charge in [-0.15, -0.1) is 0 Å². The van der Waals surface area contributed by atoms with Crippen molar-refractivity contribution in [3.8, 4) is 5.75 Å². The lowest BCUT2D eigenvalue weighted by atomic mass is 10.1. The SMILES string of the molecule is COc1ccc(NC(=O)O[C@@H](C)CN2CCCCC2)cc1. The van der Waals surface area contributed by atoms with E-state index < -0.39 is 6.09 Å². The summed E-state index contributed by atoms with van der Waals surface area (Å²) in [4.78, 5) is 14.2. The second-order valence-corrected chi connectivity index (χ2v) is 5.43. The lowest BCUT2D eigenvalue weighted by molar-refractivity contribution is 0.0833. The number of carbonyl (C=O) groups excluding carboxylic acids is 1. The number of methoxy groups -OCH3 is 1. The first kappa shape index (κ1) is 15.6. The average Bonchev–Trinajstić information content (AvgIpc) is 2.48. The van der Waals surface area contributed by atoms with Crippen molar-refractivity contribution in [2.45, 2.75) is 32.3 Å². The summed E-state index contributed by atoms with van der Waals surface area (Å²) in [7, 11) is 1.61. The van der Waals surface area contributed by atoms with Crippen molar-refractivity contribution in [2.75, 3.05) is 32.1 Å². The van der Waals surface area contributed by atoms with Gasteiger partial charge in [0.05, 0.1) is 7.11 Å². The normalized spacial score (nSPS) is 17.0. The Kier molecular flexibility index (Phi) is 5.87. The number of carbonyl (C=O) groups is 1. The third-order valence-corrected chi connectivity index (χ3v) is 3.61. The molecule has 0 saturated carbocycles. The summed E-state index contributed by atoms with van der Waals surface area (Å²) in [6.07, 6.45) is 3.27. The maximum absolute atomic E-state index is 11.8. The van der Waals surface area contributed by atoms with Gasteiger partial charge in [-0.3, -0.25) is 10.2 Å². The molecule has 5 nitrogen and oxygen atoms in total. The highest BCUT2D eigenvalue weighted by Gasteiger charge is 2.16. The van der Waals surface area contributed by atoms with Crippen LogP contribution in [-0.2, 0) is 4.74 Å². The predicted octanol–water partition coefficient (Wildman–Crippen LogP) is 3.12. The number of ether oxygens (including phenoxy) is 2. The molecule has 2 rings (SSSR count). The summed E-state index contributed by atoms with van der Waals surface area (Å²) in [6, 6.07) is 7.17. The van der Waals surface area contributed by atoms with Gasteiger partial charge in [-0.25, -0.2) is 4.79 Å². The quantitative estimate of drug-likeness (QED) is 0.906. The van der Waals surface area contributed by atoms with Crippen LogP contribution in [0.15, 0.2) is 24.3 Å². The number of piperidine rings is 1. The molecule has 5 heteroatoms. The molecule has 1 aliphatic heterocycles. The van der Waals surface area contributed by atoms with Crippen molar-refractivity contribution < 1.29 is 14.3 Å². The van der Waals surface area contributed by atoms with E-state index in [4.69, 9.17) is 9.47 Å². The molecule has 1 aromatic carbocycles. The van der Waals surface area contributed by atoms with Gasteiger partial charge in [0.25, 0.3) is 0 Å². The van der Waals surface area contributed by atoms with Gasteiger partial charge >= 0.3 is 6.09 Å². The van der Waals surface area contributed by atoms with Crippen LogP contribution >= 0.6 is 0 Å². The molecule has 1 fully saturated rings. The highest BCUT2D eigenvalue weighted by atomic mass is 16.6. The molecular formula is C16H24N2O3. The fourth-order valence-electron chi connectivity index (χ4n) is 2.55. The van der Waals surface area contributed by atoms with Crippen LogP contribution in [0.3, 0.4) is 0 Å². The summed E-state index contributed by atoms with van der Waals surface area (Å²) in [6.45, 7) is 4.94. The third kappa shape index (κ3) is 5.27. The zero-order chi connectivity index (χ0) is 15.1. The van der Waals surface area contributed by atoms with E-state index in [9.17, 15) is 4.79 Å². The van der Waals surface area contributed by atoms with Gasteiger partial charge in [0.1, 0.15) is 11.9 Å². The molecule has 0 spiro atoms. The predicted molar refractivity (Wildman–Crippen MR) is 82.9 cm³/mol. The number of rotatable bonds is 5. The van der Waals surface area contributed by atoms with Crippen molar-refractivity contribution in [1.82, 2.24) is 4.90 Å². The molecule has 0 aliphatic carbocycles. The Labute approximate surface area is 126 Å². The van der Waals surface area contributed by atoms with Crippen molar-refractivity contribution >= 4 is 11.8 Å². The van der Waals surface area contributed by atoms with Gasteiger partial charge in [-0.2, -0.15) is 0 Å². The molecule has 0 unspecified atom stereocenters. The molecule has 0 aromatic heterocycles. The van der Waals surface area contributed by atoms with E-state index in [1.54, 1.807) is 31.4 Å². The topological polar surface area (TPSA) is 50.8 Å². The van der Waals surface area contributed by atoms with E-state index >= 15 is 0 Å². The summed E-state index contributed by atoms with van der Waals surface area (Å²) in [5.74, 6) is 0.757. The van der Waals surface area contributed by atoms with Crippen LogP contribution in [0.2, 0.25) is 0 Å². The van der Waals surface area contributed by atoms with Gasteiger partial charge in [-0.05, 0) is 57.1 Å². The van der Waals surface area contributed by atoms with Crippen molar-refractivity contribution in [1.29, 1.82) is 0 Å². The van der Waals surface area contributed by atoms with Crippen LogP contribution in [0.5, 0.6) is 5.75 Å². The van der Waals surface area contributed by atoms with Gasteiger partial charge in [-0.1, -0.05) is 6.42 Å². The molecule has 116 valence electrons. The first-order valence-electron chi connectivity index (χ1n) is 7.51. The smallest absolute Gasteiger partial charge is 0.411 e. The van der Waals surface area contributed by atoms with E-state index in [1.807, 2.05) is 6.92 Å². The molecule has 21 heavy (non-hydrogen) atoms. The van der Waals surface area contributed by atoms with Crippen LogP contribution in [0.4, 0.5) is 10.5 Å². The molecule has 0 bridgehead atoms.